The number of carbonyl (C=O) groups is 1. The van der Waals surface area contributed by atoms with Crippen LogP contribution >= 0.6 is 27.3 Å². The number of anilines is 1. The number of rotatable bonds is 2. The van der Waals surface area contributed by atoms with Gasteiger partial charge in [0, 0.05) is 23.4 Å². The maximum Gasteiger partial charge on any atom is 0.408 e. The van der Waals surface area contributed by atoms with Gasteiger partial charge in [0.05, 0.1) is 29.1 Å². The molecular weight excluding hydrogens is 492 g/mol. The van der Waals surface area contributed by atoms with Crippen molar-refractivity contribution < 1.29 is 9.53 Å². The van der Waals surface area contributed by atoms with Gasteiger partial charge in [-0.05, 0) is 69.0 Å². The van der Waals surface area contributed by atoms with Crippen LogP contribution in [0.3, 0.4) is 0 Å². The Balaban J connectivity index is 1.39. The van der Waals surface area contributed by atoms with Crippen molar-refractivity contribution in [1.82, 2.24) is 24.9 Å². The highest BCUT2D eigenvalue weighted by Gasteiger charge is 2.50. The van der Waals surface area contributed by atoms with Gasteiger partial charge in [0.1, 0.15) is 15.7 Å². The number of ether oxygens (including phenoxy) is 1. The van der Waals surface area contributed by atoms with Crippen molar-refractivity contribution in [1.29, 1.82) is 0 Å². The van der Waals surface area contributed by atoms with E-state index >= 15 is 0 Å². The number of alkyl carbamates (subject to hydrolysis) is 1. The van der Waals surface area contributed by atoms with E-state index < -0.39 is 5.60 Å². The molecular formula is C22H27BrN6O2S. The zero-order valence-corrected chi connectivity index (χ0v) is 21.1. The Morgan fingerprint density at radius 3 is 2.81 bits per heavy atom. The first kappa shape index (κ1) is 21.6. The Hall–Kier alpha value is -2.20. The van der Waals surface area contributed by atoms with E-state index in [-0.39, 0.29) is 17.6 Å². The molecule has 1 aliphatic heterocycles. The molecule has 2 aliphatic rings. The molecule has 1 spiro atoms. The van der Waals surface area contributed by atoms with Crippen LogP contribution < -0.4 is 10.2 Å². The van der Waals surface area contributed by atoms with Crippen molar-refractivity contribution in [2.75, 3.05) is 18.0 Å². The minimum Gasteiger partial charge on any atom is -0.444 e. The van der Waals surface area contributed by atoms with Crippen molar-refractivity contribution in [3.8, 4) is 0 Å². The van der Waals surface area contributed by atoms with E-state index in [1.807, 2.05) is 43.8 Å². The molecule has 1 amide bonds. The summed E-state index contributed by atoms with van der Waals surface area (Å²) in [4.78, 5) is 25.7. The van der Waals surface area contributed by atoms with Gasteiger partial charge in [-0.15, -0.1) is 11.3 Å². The fourth-order valence-electron chi connectivity index (χ4n) is 4.91. The molecule has 0 aromatic carbocycles. The SMILES string of the molecule is Cc1nc(N2CCC3(CC2)Cc2scnc2[C@H]3NC(=O)OC(C)(C)C)c2ccnn2c1Br. The van der Waals surface area contributed by atoms with E-state index in [2.05, 4.69) is 36.2 Å². The molecule has 1 atom stereocenters. The number of aromatic nitrogens is 4. The lowest BCUT2D eigenvalue weighted by atomic mass is 9.73. The van der Waals surface area contributed by atoms with Gasteiger partial charge in [-0.2, -0.15) is 5.10 Å². The van der Waals surface area contributed by atoms with Crippen LogP contribution in [0, 0.1) is 12.3 Å². The normalized spacial score (nSPS) is 20.0. The molecule has 32 heavy (non-hydrogen) atoms. The van der Waals surface area contributed by atoms with E-state index in [4.69, 9.17) is 9.72 Å². The third kappa shape index (κ3) is 3.67. The molecule has 0 radical (unpaired) electrons. The number of carbonyl (C=O) groups excluding carboxylic acids is 1. The number of hydrogen-bond acceptors (Lipinski definition) is 7. The summed E-state index contributed by atoms with van der Waals surface area (Å²) in [6, 6.07) is 1.87. The fourth-order valence-corrected chi connectivity index (χ4v) is 6.24. The van der Waals surface area contributed by atoms with Gasteiger partial charge in [-0.1, -0.05) is 0 Å². The molecule has 5 rings (SSSR count). The van der Waals surface area contributed by atoms with Crippen LogP contribution in [0.5, 0.6) is 0 Å². The zero-order chi connectivity index (χ0) is 22.7. The number of nitrogens with one attached hydrogen (secondary N) is 1. The standard InChI is InChI=1S/C22H27BrN6O2S/c1-13-18(23)29-14(5-8-25-29)19(26-13)28-9-6-22(7-10-28)11-15-16(24-12-32-15)17(22)27-20(30)31-21(2,3)4/h5,8,12,17H,6-7,9-11H2,1-4H3,(H,27,30)/t17-/m1/s1. The minimum atomic E-state index is -0.536. The lowest BCUT2D eigenvalue weighted by Crippen LogP contribution is -2.48. The molecule has 3 aromatic heterocycles. The maximum absolute atomic E-state index is 12.7. The first-order chi connectivity index (χ1) is 15.2. The number of halogens is 1. The Morgan fingerprint density at radius 1 is 1.34 bits per heavy atom. The van der Waals surface area contributed by atoms with Gasteiger partial charge >= 0.3 is 6.09 Å². The molecule has 0 saturated carbocycles. The van der Waals surface area contributed by atoms with Gasteiger partial charge in [-0.25, -0.2) is 19.3 Å². The first-order valence-electron chi connectivity index (χ1n) is 10.8. The van der Waals surface area contributed by atoms with Gasteiger partial charge in [0.15, 0.2) is 5.82 Å². The monoisotopic (exact) mass is 518 g/mol. The molecule has 1 fully saturated rings. The summed E-state index contributed by atoms with van der Waals surface area (Å²) in [5.74, 6) is 0.959. The van der Waals surface area contributed by atoms with Crippen molar-refractivity contribution >= 4 is 44.7 Å². The summed E-state index contributed by atoms with van der Waals surface area (Å²) >= 11 is 5.27. The minimum absolute atomic E-state index is 0.0518. The van der Waals surface area contributed by atoms with Crippen molar-refractivity contribution in [3.05, 3.63) is 38.6 Å². The van der Waals surface area contributed by atoms with Crippen LogP contribution in [0.2, 0.25) is 0 Å². The van der Waals surface area contributed by atoms with Crippen molar-refractivity contribution in [2.45, 2.75) is 58.6 Å². The molecule has 10 heteroatoms. The molecule has 1 N–H and O–H groups in total. The Kier molecular flexibility index (Phi) is 5.20. The highest BCUT2D eigenvalue weighted by atomic mass is 79.9. The second-order valence-electron chi connectivity index (χ2n) is 9.71. The molecule has 1 aliphatic carbocycles. The largest absolute Gasteiger partial charge is 0.444 e. The van der Waals surface area contributed by atoms with Crippen LogP contribution in [0.15, 0.2) is 22.4 Å². The van der Waals surface area contributed by atoms with Crippen LogP contribution in [0.4, 0.5) is 10.6 Å². The summed E-state index contributed by atoms with van der Waals surface area (Å²) in [5, 5.41) is 7.60. The molecule has 0 bridgehead atoms. The van der Waals surface area contributed by atoms with Crippen molar-refractivity contribution in [3.63, 3.8) is 0 Å². The molecule has 8 nitrogen and oxygen atoms in total. The first-order valence-corrected chi connectivity index (χ1v) is 12.5. The molecule has 3 aromatic rings. The predicted octanol–water partition coefficient (Wildman–Crippen LogP) is 4.67. The topological polar surface area (TPSA) is 84.7 Å². The second-order valence-corrected chi connectivity index (χ2v) is 11.4. The predicted molar refractivity (Wildman–Crippen MR) is 127 cm³/mol. The van der Waals surface area contributed by atoms with Crippen LogP contribution in [0.1, 0.15) is 55.9 Å². The molecule has 4 heterocycles. The zero-order valence-electron chi connectivity index (χ0n) is 18.7. The average molecular weight is 519 g/mol. The number of hydrogen-bond donors (Lipinski definition) is 1. The third-order valence-electron chi connectivity index (χ3n) is 6.42. The van der Waals surface area contributed by atoms with E-state index in [0.29, 0.717) is 0 Å². The number of piperidine rings is 1. The van der Waals surface area contributed by atoms with Gasteiger partial charge in [0.2, 0.25) is 0 Å². The molecule has 0 unspecified atom stereocenters. The fraction of sp³-hybridized carbons (Fsp3) is 0.545. The number of aryl methyl sites for hydroxylation is 1. The number of nitrogens with zero attached hydrogens (tertiary/aromatic N) is 5. The summed E-state index contributed by atoms with van der Waals surface area (Å²) in [7, 11) is 0. The van der Waals surface area contributed by atoms with E-state index in [0.717, 1.165) is 59.7 Å². The number of thiazole rings is 1. The van der Waals surface area contributed by atoms with Gasteiger partial charge in [-0.3, -0.25) is 0 Å². The summed E-state index contributed by atoms with van der Waals surface area (Å²) < 4.78 is 8.34. The third-order valence-corrected chi connectivity index (χ3v) is 8.18. The van der Waals surface area contributed by atoms with Crippen LogP contribution in [0.25, 0.3) is 5.52 Å². The lowest BCUT2D eigenvalue weighted by molar-refractivity contribution is 0.0425. The maximum atomic E-state index is 12.7. The average Bonchev–Trinajstić information content (AvgIpc) is 3.42. The van der Waals surface area contributed by atoms with Crippen LogP contribution in [-0.2, 0) is 11.2 Å². The summed E-state index contributed by atoms with van der Waals surface area (Å²) in [6.45, 7) is 9.35. The lowest BCUT2D eigenvalue weighted by Gasteiger charge is -2.43. The highest BCUT2D eigenvalue weighted by molar-refractivity contribution is 9.10. The number of fused-ring (bicyclic) bond motifs is 2. The van der Waals surface area contributed by atoms with E-state index in [9.17, 15) is 4.79 Å². The summed E-state index contributed by atoms with van der Waals surface area (Å²) in [5.41, 5.74) is 4.20. The van der Waals surface area contributed by atoms with Gasteiger partial charge in [0.25, 0.3) is 0 Å². The van der Waals surface area contributed by atoms with E-state index in [1.165, 1.54) is 4.88 Å². The Bertz CT molecular complexity index is 1180. The Labute approximate surface area is 199 Å². The van der Waals surface area contributed by atoms with Crippen molar-refractivity contribution in [2.24, 2.45) is 5.41 Å². The quantitative estimate of drug-likeness (QED) is 0.530. The summed E-state index contributed by atoms with van der Waals surface area (Å²) in [6.07, 6.45) is 4.24. The number of amides is 1. The van der Waals surface area contributed by atoms with E-state index in [1.54, 1.807) is 17.5 Å². The highest BCUT2D eigenvalue weighted by Crippen LogP contribution is 2.53. The van der Waals surface area contributed by atoms with Gasteiger partial charge < -0.3 is 15.0 Å². The second kappa shape index (κ2) is 7.69. The Morgan fingerprint density at radius 2 is 2.09 bits per heavy atom. The van der Waals surface area contributed by atoms with Crippen LogP contribution in [-0.4, -0.2) is 44.4 Å². The smallest absolute Gasteiger partial charge is 0.408 e. The molecule has 1 saturated heterocycles. The molecule has 170 valence electrons.